The van der Waals surface area contributed by atoms with Gasteiger partial charge in [-0.05, 0) is 13.5 Å². The van der Waals surface area contributed by atoms with Crippen LogP contribution in [0.5, 0.6) is 0 Å². The van der Waals surface area contributed by atoms with Gasteiger partial charge in [0.15, 0.2) is 5.69 Å². The summed E-state index contributed by atoms with van der Waals surface area (Å²) in [5.74, 6) is -0.0819. The van der Waals surface area contributed by atoms with E-state index in [0.717, 1.165) is 31.7 Å². The summed E-state index contributed by atoms with van der Waals surface area (Å²) in [6, 6.07) is 0. The molecule has 0 bridgehead atoms. The quantitative estimate of drug-likeness (QED) is 0.789. The molecule has 0 saturated carbocycles. The van der Waals surface area contributed by atoms with E-state index in [1.807, 2.05) is 18.5 Å². The second kappa shape index (κ2) is 7.94. The summed E-state index contributed by atoms with van der Waals surface area (Å²) in [6.07, 6.45) is 1.02. The maximum atomic E-state index is 12.5. The monoisotopic (exact) mass is 328 g/mol. The first-order valence-electron chi connectivity index (χ1n) is 7.97. The molecule has 2 aliphatic rings. The fourth-order valence-corrected chi connectivity index (χ4v) is 2.96. The number of morpholine rings is 1. The maximum Gasteiger partial charge on any atom is 0.276 e. The highest BCUT2D eigenvalue weighted by molar-refractivity contribution is 6.34. The molecular formula is C15H25ClN4O2. The Balaban J connectivity index is 0.000000847. The maximum absolute atomic E-state index is 12.5. The Morgan fingerprint density at radius 1 is 1.18 bits per heavy atom. The summed E-state index contributed by atoms with van der Waals surface area (Å²) in [6.45, 7) is 8.96. The summed E-state index contributed by atoms with van der Waals surface area (Å²) in [7, 11) is 2.06. The molecule has 1 aromatic heterocycles. The van der Waals surface area contributed by atoms with Crippen LogP contribution in [0.1, 0.15) is 36.5 Å². The van der Waals surface area contributed by atoms with Crippen LogP contribution < -0.4 is 0 Å². The highest BCUT2D eigenvalue weighted by atomic mass is 35.5. The third-order valence-electron chi connectivity index (χ3n) is 3.82. The molecule has 1 fully saturated rings. The molecule has 0 atom stereocenters. The fraction of sp³-hybridized carbons (Fsp3) is 0.733. The number of aromatic nitrogens is 2. The Hall–Kier alpha value is -1.11. The number of aryl methyl sites for hydroxylation is 1. The summed E-state index contributed by atoms with van der Waals surface area (Å²) >= 11 is 6.41. The first kappa shape index (κ1) is 17.2. The standard InChI is InChI=1S/C13H19ClN4O2.C2H6/c1-16-3-2-4-18-10(9-16)11(14)12(15-18)13(19)17-5-7-20-8-6-17;1-2/h2-9H2,1H3;1-2H3. The van der Waals surface area contributed by atoms with Crippen molar-refractivity contribution in [3.05, 3.63) is 16.4 Å². The lowest BCUT2D eigenvalue weighted by Crippen LogP contribution is -2.41. The van der Waals surface area contributed by atoms with E-state index in [1.54, 1.807) is 4.90 Å². The molecule has 2 aliphatic heterocycles. The van der Waals surface area contributed by atoms with Crippen LogP contribution >= 0.6 is 11.6 Å². The molecule has 3 heterocycles. The summed E-state index contributed by atoms with van der Waals surface area (Å²) < 4.78 is 7.16. The normalized spacial score (nSPS) is 19.0. The van der Waals surface area contributed by atoms with Gasteiger partial charge in [0.25, 0.3) is 5.91 Å². The van der Waals surface area contributed by atoms with E-state index in [0.29, 0.717) is 37.0 Å². The zero-order valence-corrected chi connectivity index (χ0v) is 14.4. The predicted molar refractivity (Wildman–Crippen MR) is 86.3 cm³/mol. The SMILES string of the molecule is CC.CN1CCCn2nc(C(=O)N3CCOCC3)c(Cl)c2C1. The average molecular weight is 329 g/mol. The minimum absolute atomic E-state index is 0.0819. The number of halogens is 1. The third-order valence-corrected chi connectivity index (χ3v) is 4.22. The lowest BCUT2D eigenvalue weighted by Gasteiger charge is -2.26. The van der Waals surface area contributed by atoms with Gasteiger partial charge >= 0.3 is 0 Å². The highest BCUT2D eigenvalue weighted by Crippen LogP contribution is 2.25. The summed E-state index contributed by atoms with van der Waals surface area (Å²) in [5.41, 5.74) is 1.34. The van der Waals surface area contributed by atoms with Gasteiger partial charge in [0.1, 0.15) is 0 Å². The zero-order chi connectivity index (χ0) is 16.1. The minimum atomic E-state index is -0.0819. The molecular weight excluding hydrogens is 304 g/mol. The highest BCUT2D eigenvalue weighted by Gasteiger charge is 2.28. The number of nitrogens with zero attached hydrogens (tertiary/aromatic N) is 4. The number of carbonyl (C=O) groups excluding carboxylic acids is 1. The number of amides is 1. The van der Waals surface area contributed by atoms with Crippen LogP contribution in [-0.2, 0) is 17.8 Å². The van der Waals surface area contributed by atoms with Gasteiger partial charge in [0.2, 0.25) is 0 Å². The molecule has 1 aromatic rings. The van der Waals surface area contributed by atoms with Crippen molar-refractivity contribution in [2.45, 2.75) is 33.4 Å². The van der Waals surface area contributed by atoms with E-state index >= 15 is 0 Å². The fourth-order valence-electron chi connectivity index (χ4n) is 2.69. The van der Waals surface area contributed by atoms with Crippen LogP contribution in [0.4, 0.5) is 0 Å². The van der Waals surface area contributed by atoms with Gasteiger partial charge in [-0.25, -0.2) is 0 Å². The van der Waals surface area contributed by atoms with Crippen molar-refractivity contribution in [1.82, 2.24) is 19.6 Å². The van der Waals surface area contributed by atoms with Gasteiger partial charge in [-0.2, -0.15) is 5.10 Å². The largest absolute Gasteiger partial charge is 0.378 e. The topological polar surface area (TPSA) is 50.6 Å². The van der Waals surface area contributed by atoms with E-state index in [9.17, 15) is 4.79 Å². The van der Waals surface area contributed by atoms with E-state index in [2.05, 4.69) is 17.0 Å². The van der Waals surface area contributed by atoms with Gasteiger partial charge in [0.05, 0.1) is 23.9 Å². The van der Waals surface area contributed by atoms with Gasteiger partial charge in [-0.15, -0.1) is 0 Å². The second-order valence-corrected chi connectivity index (χ2v) is 5.71. The number of hydrogen-bond donors (Lipinski definition) is 0. The van der Waals surface area contributed by atoms with Crippen LogP contribution in [0.2, 0.25) is 5.02 Å². The van der Waals surface area contributed by atoms with Crippen molar-refractivity contribution in [2.75, 3.05) is 39.9 Å². The third kappa shape index (κ3) is 3.62. The van der Waals surface area contributed by atoms with E-state index in [-0.39, 0.29) is 5.91 Å². The van der Waals surface area contributed by atoms with E-state index in [1.165, 1.54) is 0 Å². The molecule has 3 rings (SSSR count). The van der Waals surface area contributed by atoms with Crippen molar-refractivity contribution in [2.24, 2.45) is 0 Å². The number of ether oxygens (including phenoxy) is 1. The second-order valence-electron chi connectivity index (χ2n) is 5.33. The predicted octanol–water partition coefficient (Wildman–Crippen LogP) is 1.87. The summed E-state index contributed by atoms with van der Waals surface area (Å²) in [5, 5.41) is 4.96. The lowest BCUT2D eigenvalue weighted by atomic mass is 10.3. The molecule has 124 valence electrons. The molecule has 0 aliphatic carbocycles. The van der Waals surface area contributed by atoms with Gasteiger partial charge in [-0.3, -0.25) is 9.48 Å². The van der Waals surface area contributed by atoms with Gasteiger partial charge in [-0.1, -0.05) is 25.4 Å². The number of hydrogen-bond acceptors (Lipinski definition) is 4. The molecule has 7 heteroatoms. The first-order valence-corrected chi connectivity index (χ1v) is 8.35. The van der Waals surface area contributed by atoms with Crippen LogP contribution in [0.15, 0.2) is 0 Å². The van der Waals surface area contributed by atoms with Crippen molar-refractivity contribution >= 4 is 17.5 Å². The van der Waals surface area contributed by atoms with Crippen LogP contribution in [-0.4, -0.2) is 65.4 Å². The minimum Gasteiger partial charge on any atom is -0.378 e. The molecule has 0 radical (unpaired) electrons. The van der Waals surface area contributed by atoms with Crippen LogP contribution in [0.3, 0.4) is 0 Å². The van der Waals surface area contributed by atoms with Crippen molar-refractivity contribution in [3.8, 4) is 0 Å². The molecule has 0 aromatic carbocycles. The zero-order valence-electron chi connectivity index (χ0n) is 13.6. The molecule has 22 heavy (non-hydrogen) atoms. The Labute approximate surface area is 137 Å². The molecule has 0 unspecified atom stereocenters. The van der Waals surface area contributed by atoms with Crippen molar-refractivity contribution in [3.63, 3.8) is 0 Å². The number of rotatable bonds is 1. The Kier molecular flexibility index (Phi) is 6.23. The number of fused-ring (bicyclic) bond motifs is 1. The Morgan fingerprint density at radius 3 is 2.55 bits per heavy atom. The van der Waals surface area contributed by atoms with E-state index in [4.69, 9.17) is 16.3 Å². The van der Waals surface area contributed by atoms with Crippen molar-refractivity contribution < 1.29 is 9.53 Å². The molecule has 1 saturated heterocycles. The Bertz CT molecular complexity index is 512. The van der Waals surface area contributed by atoms with Crippen molar-refractivity contribution in [1.29, 1.82) is 0 Å². The van der Waals surface area contributed by atoms with Crippen LogP contribution in [0, 0.1) is 0 Å². The molecule has 6 nitrogen and oxygen atoms in total. The molecule has 0 spiro atoms. The number of carbonyl (C=O) groups is 1. The average Bonchev–Trinajstić information content (AvgIpc) is 2.74. The van der Waals surface area contributed by atoms with Gasteiger partial charge < -0.3 is 14.5 Å². The van der Waals surface area contributed by atoms with E-state index < -0.39 is 0 Å². The Morgan fingerprint density at radius 2 is 1.86 bits per heavy atom. The lowest BCUT2D eigenvalue weighted by molar-refractivity contribution is 0.0298. The smallest absolute Gasteiger partial charge is 0.276 e. The van der Waals surface area contributed by atoms with Gasteiger partial charge in [0, 0.05) is 32.7 Å². The molecule has 0 N–H and O–H groups in total. The first-order chi connectivity index (χ1) is 10.7. The summed E-state index contributed by atoms with van der Waals surface area (Å²) in [4.78, 5) is 16.5. The molecule has 1 amide bonds. The van der Waals surface area contributed by atoms with Crippen LogP contribution in [0.25, 0.3) is 0 Å².